The van der Waals surface area contributed by atoms with Gasteiger partial charge in [-0.1, -0.05) is 39.8 Å². The largest absolute Gasteiger partial charge is 0.497 e. The number of fused-ring (bicyclic) bond motifs is 3. The second-order valence-electron chi connectivity index (χ2n) is 11.1. The molecule has 2 aliphatic rings. The van der Waals surface area contributed by atoms with Crippen LogP contribution in [0.15, 0.2) is 59.6 Å². The van der Waals surface area contributed by atoms with E-state index in [1.54, 1.807) is 19.2 Å². The van der Waals surface area contributed by atoms with Crippen molar-refractivity contribution < 1.29 is 14.3 Å². The SMILES string of the molecule is COC(=O)c1ccc(C2=Nc3cc(OC)ccc3N(C)c3cc4c(cc32)C(C)(C)CCC4(C)C)cc1. The Morgan fingerprint density at radius 1 is 0.861 bits per heavy atom. The highest BCUT2D eigenvalue weighted by Crippen LogP contribution is 2.50. The van der Waals surface area contributed by atoms with Crippen LogP contribution in [0, 0.1) is 0 Å². The van der Waals surface area contributed by atoms with Crippen molar-refractivity contribution in [3.05, 3.63) is 82.4 Å². The summed E-state index contributed by atoms with van der Waals surface area (Å²) in [4.78, 5) is 19.5. The molecule has 3 aromatic rings. The van der Waals surface area contributed by atoms with Gasteiger partial charge in [-0.25, -0.2) is 9.79 Å². The monoisotopic (exact) mass is 482 g/mol. The van der Waals surface area contributed by atoms with Gasteiger partial charge in [0.2, 0.25) is 0 Å². The Morgan fingerprint density at radius 2 is 1.50 bits per heavy atom. The van der Waals surface area contributed by atoms with Crippen molar-refractivity contribution in [2.24, 2.45) is 4.99 Å². The van der Waals surface area contributed by atoms with E-state index in [1.807, 2.05) is 24.3 Å². The minimum atomic E-state index is -0.349. The number of ether oxygens (including phenoxy) is 2. The van der Waals surface area contributed by atoms with E-state index in [-0.39, 0.29) is 16.8 Å². The Bertz CT molecular complexity index is 1380. The van der Waals surface area contributed by atoms with Crippen LogP contribution in [-0.4, -0.2) is 32.9 Å². The van der Waals surface area contributed by atoms with E-state index in [1.165, 1.54) is 18.2 Å². The van der Waals surface area contributed by atoms with Crippen LogP contribution < -0.4 is 9.64 Å². The van der Waals surface area contributed by atoms with Crippen molar-refractivity contribution in [2.75, 3.05) is 26.2 Å². The van der Waals surface area contributed by atoms with Crippen LogP contribution in [0.5, 0.6) is 5.75 Å². The Morgan fingerprint density at radius 3 is 2.11 bits per heavy atom. The number of aliphatic imine (C=N–C) groups is 1. The van der Waals surface area contributed by atoms with Crippen LogP contribution in [0.3, 0.4) is 0 Å². The highest BCUT2D eigenvalue weighted by Gasteiger charge is 2.39. The molecular weight excluding hydrogens is 448 g/mol. The van der Waals surface area contributed by atoms with E-state index in [0.717, 1.165) is 52.5 Å². The van der Waals surface area contributed by atoms with E-state index in [2.05, 4.69) is 57.8 Å². The molecule has 0 spiro atoms. The molecule has 36 heavy (non-hydrogen) atoms. The zero-order valence-electron chi connectivity index (χ0n) is 22.2. The first-order valence-corrected chi connectivity index (χ1v) is 12.4. The fourth-order valence-corrected chi connectivity index (χ4v) is 5.49. The molecular formula is C31H34N2O3. The van der Waals surface area contributed by atoms with Crippen LogP contribution in [0.1, 0.15) is 73.1 Å². The maximum Gasteiger partial charge on any atom is 0.337 e. The lowest BCUT2D eigenvalue weighted by molar-refractivity contribution is 0.0600. The van der Waals surface area contributed by atoms with Gasteiger partial charge in [0.15, 0.2) is 0 Å². The minimum absolute atomic E-state index is 0.0701. The predicted octanol–water partition coefficient (Wildman–Crippen LogP) is 7.08. The summed E-state index contributed by atoms with van der Waals surface area (Å²) in [5, 5.41) is 0. The first-order valence-electron chi connectivity index (χ1n) is 12.4. The summed E-state index contributed by atoms with van der Waals surface area (Å²) >= 11 is 0. The van der Waals surface area contributed by atoms with Crippen molar-refractivity contribution in [3.63, 3.8) is 0 Å². The Balaban J connectivity index is 1.80. The first-order chi connectivity index (χ1) is 17.1. The van der Waals surface area contributed by atoms with Crippen LogP contribution in [0.25, 0.3) is 0 Å². The molecule has 0 atom stereocenters. The van der Waals surface area contributed by atoms with Crippen molar-refractivity contribution >= 4 is 28.7 Å². The summed E-state index contributed by atoms with van der Waals surface area (Å²) in [7, 11) is 5.18. The number of methoxy groups -OCH3 is 2. The summed E-state index contributed by atoms with van der Waals surface area (Å²) in [6.45, 7) is 9.39. The standard InChI is InChI=1S/C31H34N2O3/c1-30(2)14-15-31(3,4)24-18-27-22(17-23(24)30)28(19-8-10-20(11-9-19)29(34)36-7)32-25-16-21(35-6)12-13-26(25)33(27)5/h8-13,16-18H,14-15H2,1-7H3. The molecule has 0 N–H and O–H groups in total. The molecule has 1 aliphatic carbocycles. The van der Waals surface area contributed by atoms with Crippen LogP contribution >= 0.6 is 0 Å². The Kier molecular flexibility index (Phi) is 5.70. The summed E-state index contributed by atoms with van der Waals surface area (Å²) < 4.78 is 10.4. The van der Waals surface area contributed by atoms with Gasteiger partial charge in [-0.3, -0.25) is 0 Å². The molecule has 0 radical (unpaired) electrons. The van der Waals surface area contributed by atoms with Crippen LogP contribution in [0.4, 0.5) is 17.1 Å². The predicted molar refractivity (Wildman–Crippen MR) is 146 cm³/mol. The van der Waals surface area contributed by atoms with E-state index >= 15 is 0 Å². The second kappa shape index (κ2) is 8.51. The molecule has 0 unspecified atom stereocenters. The minimum Gasteiger partial charge on any atom is -0.497 e. The van der Waals surface area contributed by atoms with E-state index in [0.29, 0.717) is 5.56 Å². The highest BCUT2D eigenvalue weighted by atomic mass is 16.5. The molecule has 5 nitrogen and oxygen atoms in total. The first kappa shape index (κ1) is 24.1. The van der Waals surface area contributed by atoms with Crippen molar-refractivity contribution in [1.29, 1.82) is 0 Å². The van der Waals surface area contributed by atoms with Gasteiger partial charge in [-0.15, -0.1) is 0 Å². The number of benzene rings is 3. The fraction of sp³-hybridized carbons (Fsp3) is 0.355. The smallest absolute Gasteiger partial charge is 0.337 e. The Hall–Kier alpha value is -3.60. The number of nitrogens with zero attached hydrogens (tertiary/aromatic N) is 2. The third kappa shape index (κ3) is 3.87. The van der Waals surface area contributed by atoms with Gasteiger partial charge < -0.3 is 14.4 Å². The zero-order valence-corrected chi connectivity index (χ0v) is 22.2. The molecule has 0 fully saturated rings. The van der Waals surface area contributed by atoms with Gasteiger partial charge in [0.05, 0.1) is 42.6 Å². The summed E-state index contributed by atoms with van der Waals surface area (Å²) in [5.74, 6) is 0.413. The molecule has 0 amide bonds. The molecule has 186 valence electrons. The molecule has 0 saturated carbocycles. The normalized spacial score (nSPS) is 17.2. The maximum atomic E-state index is 12.1. The van der Waals surface area contributed by atoms with E-state index < -0.39 is 0 Å². The number of carbonyl (C=O) groups is 1. The highest BCUT2D eigenvalue weighted by molar-refractivity contribution is 6.19. The van der Waals surface area contributed by atoms with Gasteiger partial charge in [0.25, 0.3) is 0 Å². The van der Waals surface area contributed by atoms with Gasteiger partial charge in [0.1, 0.15) is 5.75 Å². The van der Waals surface area contributed by atoms with Crippen molar-refractivity contribution in [3.8, 4) is 5.75 Å². The molecule has 3 aromatic carbocycles. The Labute approximate surface area is 213 Å². The molecule has 1 aliphatic heterocycles. The van der Waals surface area contributed by atoms with Crippen molar-refractivity contribution in [1.82, 2.24) is 0 Å². The average Bonchev–Trinajstić information content (AvgIpc) is 2.99. The lowest BCUT2D eigenvalue weighted by atomic mass is 9.62. The fourth-order valence-electron chi connectivity index (χ4n) is 5.49. The van der Waals surface area contributed by atoms with Gasteiger partial charge in [-0.2, -0.15) is 0 Å². The molecule has 5 heteroatoms. The average molecular weight is 483 g/mol. The number of rotatable bonds is 3. The molecule has 0 saturated heterocycles. The molecule has 1 heterocycles. The summed E-state index contributed by atoms with van der Waals surface area (Å²) in [6.07, 6.45) is 2.29. The summed E-state index contributed by atoms with van der Waals surface area (Å²) in [6, 6.07) is 18.3. The maximum absolute atomic E-state index is 12.1. The van der Waals surface area contributed by atoms with Crippen LogP contribution in [0.2, 0.25) is 0 Å². The third-order valence-corrected chi connectivity index (χ3v) is 7.94. The summed E-state index contributed by atoms with van der Waals surface area (Å²) in [5.41, 5.74) is 9.36. The number of esters is 1. The molecule has 0 aromatic heterocycles. The zero-order chi connectivity index (χ0) is 25.8. The lowest BCUT2D eigenvalue weighted by Crippen LogP contribution is -2.34. The van der Waals surface area contributed by atoms with E-state index in [4.69, 9.17) is 14.5 Å². The third-order valence-electron chi connectivity index (χ3n) is 7.94. The second-order valence-corrected chi connectivity index (χ2v) is 11.1. The number of hydrogen-bond donors (Lipinski definition) is 0. The quantitative estimate of drug-likeness (QED) is 0.374. The van der Waals surface area contributed by atoms with Gasteiger partial charge in [-0.05, 0) is 71.2 Å². The number of hydrogen-bond acceptors (Lipinski definition) is 5. The van der Waals surface area contributed by atoms with Crippen molar-refractivity contribution in [2.45, 2.75) is 51.4 Å². The van der Waals surface area contributed by atoms with Crippen LogP contribution in [-0.2, 0) is 15.6 Å². The topological polar surface area (TPSA) is 51.1 Å². The number of anilines is 2. The van der Waals surface area contributed by atoms with Gasteiger partial charge in [0, 0.05) is 24.2 Å². The molecule has 0 bridgehead atoms. The van der Waals surface area contributed by atoms with E-state index in [9.17, 15) is 4.79 Å². The lowest BCUT2D eigenvalue weighted by Gasteiger charge is -2.43. The number of carbonyl (C=O) groups excluding carboxylic acids is 1. The van der Waals surface area contributed by atoms with Gasteiger partial charge >= 0.3 is 5.97 Å². The molecule has 5 rings (SSSR count).